The fourth-order valence-corrected chi connectivity index (χ4v) is 5.22. The van der Waals surface area contributed by atoms with Crippen molar-refractivity contribution >= 4 is 21.5 Å². The van der Waals surface area contributed by atoms with Crippen LogP contribution in [0.2, 0.25) is 0 Å². The number of fused-ring (bicyclic) bond motifs is 2. The molecule has 0 amide bonds. The van der Waals surface area contributed by atoms with Gasteiger partial charge in [0.1, 0.15) is 0 Å². The van der Waals surface area contributed by atoms with Crippen LogP contribution in [-0.2, 0) is 10.8 Å². The molecule has 0 atom stereocenters. The van der Waals surface area contributed by atoms with Gasteiger partial charge in [0.15, 0.2) is 0 Å². The minimum absolute atomic E-state index is 0.0772. The lowest BCUT2D eigenvalue weighted by Crippen LogP contribution is -2.11. The largest absolute Gasteiger partial charge is 0.0683 e. The Morgan fingerprint density at radius 3 is 1.00 bits per heavy atom. The summed E-state index contributed by atoms with van der Waals surface area (Å²) in [6.45, 7) is 22.1. The van der Waals surface area contributed by atoms with Crippen LogP contribution < -0.4 is 0 Å². The lowest BCUT2D eigenvalue weighted by molar-refractivity contribution is 0.590. The van der Waals surface area contributed by atoms with Gasteiger partial charge >= 0.3 is 0 Å². The second-order valence-corrected chi connectivity index (χ2v) is 12.5. The standard InChI is InChI=1S/C36H38.C2H6/c1-23-9-13-25(14-10-23)33-29-19-17-28(36(6,7)8)22-32(29)34(26-15-11-24(2)12-16-26)30-20-18-27(21-31(30)33)35(3,4)5;1-2/h9-22H,1-8H3;1-2H3. The minimum Gasteiger partial charge on any atom is -0.0683 e. The van der Waals surface area contributed by atoms with E-state index < -0.39 is 0 Å². The summed E-state index contributed by atoms with van der Waals surface area (Å²) >= 11 is 0. The van der Waals surface area contributed by atoms with Gasteiger partial charge < -0.3 is 0 Å². The highest BCUT2D eigenvalue weighted by atomic mass is 14.3. The summed E-state index contributed by atoms with van der Waals surface area (Å²) in [4.78, 5) is 0. The van der Waals surface area contributed by atoms with Gasteiger partial charge in [0.2, 0.25) is 0 Å². The van der Waals surface area contributed by atoms with E-state index in [2.05, 4.69) is 140 Å². The first kappa shape index (κ1) is 27.6. The van der Waals surface area contributed by atoms with Crippen molar-refractivity contribution in [3.05, 3.63) is 107 Å². The average Bonchev–Trinajstić information content (AvgIpc) is 2.88. The normalized spacial score (nSPS) is 11.9. The van der Waals surface area contributed by atoms with Gasteiger partial charge in [-0.05, 0) is 91.7 Å². The lowest BCUT2D eigenvalue weighted by Gasteiger charge is -2.25. The van der Waals surface area contributed by atoms with Crippen molar-refractivity contribution in [1.82, 2.24) is 0 Å². The predicted octanol–water partition coefficient (Wildman–Crippen LogP) is 11.6. The molecule has 0 radical (unpaired) electrons. The van der Waals surface area contributed by atoms with E-state index in [1.165, 1.54) is 66.1 Å². The molecule has 0 saturated carbocycles. The van der Waals surface area contributed by atoms with Crippen molar-refractivity contribution in [3.63, 3.8) is 0 Å². The Hall–Kier alpha value is -3.38. The fraction of sp³-hybridized carbons (Fsp3) is 0.316. The molecule has 0 saturated heterocycles. The van der Waals surface area contributed by atoms with Crippen molar-refractivity contribution in [3.8, 4) is 22.3 Å². The first-order valence-electron chi connectivity index (χ1n) is 14.1. The summed E-state index contributed by atoms with van der Waals surface area (Å²) in [6.07, 6.45) is 0. The van der Waals surface area contributed by atoms with Gasteiger partial charge in [-0.25, -0.2) is 0 Å². The highest BCUT2D eigenvalue weighted by Gasteiger charge is 2.22. The van der Waals surface area contributed by atoms with E-state index >= 15 is 0 Å². The highest BCUT2D eigenvalue weighted by molar-refractivity contribution is 6.21. The lowest BCUT2D eigenvalue weighted by atomic mass is 9.79. The Kier molecular flexibility index (Phi) is 7.57. The molecule has 0 bridgehead atoms. The molecule has 5 aromatic rings. The Morgan fingerprint density at radius 2 is 0.711 bits per heavy atom. The maximum atomic E-state index is 2.44. The van der Waals surface area contributed by atoms with E-state index in [-0.39, 0.29) is 10.8 Å². The number of hydrogen-bond acceptors (Lipinski definition) is 0. The molecule has 0 heteroatoms. The third-order valence-electron chi connectivity index (χ3n) is 7.53. The van der Waals surface area contributed by atoms with Gasteiger partial charge in [0.05, 0.1) is 0 Å². The number of rotatable bonds is 2. The van der Waals surface area contributed by atoms with Crippen molar-refractivity contribution in [2.24, 2.45) is 0 Å². The van der Waals surface area contributed by atoms with Gasteiger partial charge in [0.25, 0.3) is 0 Å². The Balaban J connectivity index is 0.00000164. The predicted molar refractivity (Wildman–Crippen MR) is 171 cm³/mol. The minimum atomic E-state index is 0.0772. The summed E-state index contributed by atoms with van der Waals surface area (Å²) in [5.74, 6) is 0. The third kappa shape index (κ3) is 5.28. The summed E-state index contributed by atoms with van der Waals surface area (Å²) in [6, 6.07) is 32.4. The van der Waals surface area contributed by atoms with E-state index in [0.717, 1.165) is 0 Å². The molecule has 38 heavy (non-hydrogen) atoms. The van der Waals surface area contributed by atoms with E-state index in [4.69, 9.17) is 0 Å². The summed E-state index contributed by atoms with van der Waals surface area (Å²) in [5.41, 5.74) is 10.7. The molecule has 5 aromatic carbocycles. The molecule has 0 heterocycles. The van der Waals surface area contributed by atoms with Gasteiger partial charge in [0, 0.05) is 0 Å². The van der Waals surface area contributed by atoms with Crippen molar-refractivity contribution in [1.29, 1.82) is 0 Å². The summed E-state index contributed by atoms with van der Waals surface area (Å²) in [7, 11) is 0. The molecular formula is C38H44. The Morgan fingerprint density at radius 1 is 0.395 bits per heavy atom. The van der Waals surface area contributed by atoms with Crippen LogP contribution in [0.5, 0.6) is 0 Å². The fourth-order valence-electron chi connectivity index (χ4n) is 5.22. The van der Waals surface area contributed by atoms with Crippen LogP contribution in [-0.4, -0.2) is 0 Å². The molecule has 0 unspecified atom stereocenters. The monoisotopic (exact) mass is 500 g/mol. The molecule has 0 N–H and O–H groups in total. The number of aryl methyl sites for hydroxylation is 2. The van der Waals surface area contributed by atoms with Crippen molar-refractivity contribution in [2.45, 2.75) is 80.1 Å². The topological polar surface area (TPSA) is 0 Å². The number of hydrogen-bond donors (Lipinski definition) is 0. The summed E-state index contributed by atoms with van der Waals surface area (Å²) < 4.78 is 0. The van der Waals surface area contributed by atoms with Crippen LogP contribution in [0.4, 0.5) is 0 Å². The average molecular weight is 501 g/mol. The van der Waals surface area contributed by atoms with Gasteiger partial charge in [-0.3, -0.25) is 0 Å². The highest BCUT2D eigenvalue weighted by Crippen LogP contribution is 2.46. The van der Waals surface area contributed by atoms with E-state index in [1.807, 2.05) is 13.8 Å². The smallest absolute Gasteiger partial charge is 0.00263 e. The first-order valence-corrected chi connectivity index (χ1v) is 14.1. The zero-order valence-electron chi connectivity index (χ0n) is 25.1. The first-order chi connectivity index (χ1) is 17.9. The van der Waals surface area contributed by atoms with Gasteiger partial charge in [-0.2, -0.15) is 0 Å². The van der Waals surface area contributed by atoms with Crippen LogP contribution in [0.15, 0.2) is 84.9 Å². The van der Waals surface area contributed by atoms with Gasteiger partial charge in [-0.15, -0.1) is 0 Å². The van der Waals surface area contributed by atoms with Crippen LogP contribution in [0.1, 0.15) is 77.6 Å². The van der Waals surface area contributed by atoms with E-state index in [0.29, 0.717) is 0 Å². The van der Waals surface area contributed by atoms with Crippen LogP contribution in [0.3, 0.4) is 0 Å². The molecule has 0 spiro atoms. The van der Waals surface area contributed by atoms with Crippen molar-refractivity contribution in [2.75, 3.05) is 0 Å². The zero-order chi connectivity index (χ0) is 27.8. The Labute approximate surface area is 230 Å². The molecule has 196 valence electrons. The van der Waals surface area contributed by atoms with Crippen LogP contribution >= 0.6 is 0 Å². The van der Waals surface area contributed by atoms with Gasteiger partial charge in [-0.1, -0.05) is 139 Å². The van der Waals surface area contributed by atoms with Crippen molar-refractivity contribution < 1.29 is 0 Å². The third-order valence-corrected chi connectivity index (χ3v) is 7.53. The van der Waals surface area contributed by atoms with E-state index in [1.54, 1.807) is 0 Å². The summed E-state index contributed by atoms with van der Waals surface area (Å²) in [5, 5.41) is 5.30. The quantitative estimate of drug-likeness (QED) is 0.211. The van der Waals surface area contributed by atoms with Crippen LogP contribution in [0.25, 0.3) is 43.8 Å². The zero-order valence-corrected chi connectivity index (χ0v) is 25.1. The SMILES string of the molecule is CC.Cc1ccc(-c2c3ccc(C(C)(C)C)cc3c(-c3ccc(C)cc3)c3ccc(C(C)(C)C)cc23)cc1. The molecular weight excluding hydrogens is 456 g/mol. The number of benzene rings is 5. The molecule has 0 aliphatic heterocycles. The van der Waals surface area contributed by atoms with Crippen LogP contribution in [0, 0.1) is 13.8 Å². The molecule has 0 aliphatic carbocycles. The second-order valence-electron chi connectivity index (χ2n) is 12.5. The Bertz CT molecular complexity index is 1440. The molecule has 5 rings (SSSR count). The molecule has 0 aliphatic rings. The second kappa shape index (κ2) is 10.4. The maximum Gasteiger partial charge on any atom is -0.00263 e. The molecule has 0 aromatic heterocycles. The maximum absolute atomic E-state index is 2.44. The molecule has 0 nitrogen and oxygen atoms in total. The molecule has 0 fully saturated rings. The van der Waals surface area contributed by atoms with E-state index in [9.17, 15) is 0 Å².